The average Bonchev–Trinajstić information content (AvgIpc) is 3.22. The minimum Gasteiger partial charge on any atom is -0.463 e. The van der Waals surface area contributed by atoms with E-state index in [9.17, 15) is 9.90 Å². The number of esters is 1. The van der Waals surface area contributed by atoms with E-state index in [0.29, 0.717) is 13.0 Å². The molecule has 0 amide bonds. The highest BCUT2D eigenvalue weighted by Gasteiger charge is 2.25. The van der Waals surface area contributed by atoms with E-state index in [0.717, 1.165) is 43.4 Å². The topological polar surface area (TPSA) is 55.8 Å². The van der Waals surface area contributed by atoms with Gasteiger partial charge in [-0.3, -0.25) is 4.79 Å². The molecule has 0 aromatic heterocycles. The fourth-order valence-electron chi connectivity index (χ4n) is 8.06. The van der Waals surface area contributed by atoms with Crippen molar-refractivity contribution in [2.45, 2.75) is 303 Å². The molecule has 0 aromatic carbocycles. The maximum Gasteiger partial charge on any atom is 0.305 e. The minimum atomic E-state index is -0.904. The van der Waals surface area contributed by atoms with E-state index in [-0.39, 0.29) is 12.6 Å². The minimum absolute atomic E-state index is 0.0336. The summed E-state index contributed by atoms with van der Waals surface area (Å²) in [4.78, 5) is 13.4. The van der Waals surface area contributed by atoms with Crippen LogP contribution in [0.15, 0.2) is 12.2 Å². The summed E-state index contributed by atoms with van der Waals surface area (Å²) in [6.07, 6.45) is 56.3. The van der Waals surface area contributed by atoms with E-state index < -0.39 is 12.2 Å². The van der Waals surface area contributed by atoms with Gasteiger partial charge in [0.05, 0.1) is 0 Å². The van der Waals surface area contributed by atoms with Gasteiger partial charge in [0.2, 0.25) is 0 Å². The number of thiocarbonyl (C=S) groups is 1. The van der Waals surface area contributed by atoms with Crippen LogP contribution in [0.2, 0.25) is 0 Å². The van der Waals surface area contributed by atoms with Crippen molar-refractivity contribution in [1.29, 1.82) is 0 Å². The number of allylic oxidation sites excluding steroid dienone is 2. The second-order valence-electron chi connectivity index (χ2n) is 17.9. The molecule has 0 saturated carbocycles. The fraction of sp³-hybridized carbons (Fsp3) is 0.925. The van der Waals surface area contributed by atoms with Crippen LogP contribution in [-0.2, 0) is 14.3 Å². The third-order valence-electron chi connectivity index (χ3n) is 12.0. The van der Waals surface area contributed by atoms with Gasteiger partial charge < -0.3 is 14.6 Å². The Morgan fingerprint density at radius 1 is 0.448 bits per heavy atom. The Morgan fingerprint density at radius 2 is 0.759 bits per heavy atom. The molecule has 5 heteroatoms. The van der Waals surface area contributed by atoms with Crippen molar-refractivity contribution in [3.63, 3.8) is 0 Å². The molecule has 344 valence electrons. The second-order valence-corrected chi connectivity index (χ2v) is 18.5. The van der Waals surface area contributed by atoms with Gasteiger partial charge in [-0.1, -0.05) is 257 Å². The lowest BCUT2D eigenvalue weighted by molar-refractivity contribution is -0.148. The molecule has 0 aromatic rings. The maximum atomic E-state index is 12.6. The molecule has 0 spiro atoms. The first-order valence-corrected chi connectivity index (χ1v) is 26.6. The molecular formula is C53H102O4S. The van der Waals surface area contributed by atoms with Crippen molar-refractivity contribution < 1.29 is 19.4 Å². The van der Waals surface area contributed by atoms with Gasteiger partial charge in [-0.15, -0.1) is 0 Å². The van der Waals surface area contributed by atoms with Crippen LogP contribution in [0.3, 0.4) is 0 Å². The van der Waals surface area contributed by atoms with E-state index in [1.165, 1.54) is 225 Å². The number of hydrogen-bond acceptors (Lipinski definition) is 5. The summed E-state index contributed by atoms with van der Waals surface area (Å²) in [5, 5.41) is 11.2. The molecule has 0 fully saturated rings. The molecule has 0 bridgehead atoms. The van der Waals surface area contributed by atoms with Crippen molar-refractivity contribution in [2.75, 3.05) is 13.2 Å². The number of carbonyl (C=O) groups is 1. The van der Waals surface area contributed by atoms with Gasteiger partial charge in [-0.25, -0.2) is 0 Å². The van der Waals surface area contributed by atoms with Crippen molar-refractivity contribution >= 4 is 23.1 Å². The molecular weight excluding hydrogens is 733 g/mol. The first-order valence-electron chi connectivity index (χ1n) is 26.2. The smallest absolute Gasteiger partial charge is 0.305 e. The lowest BCUT2D eigenvalue weighted by Crippen LogP contribution is -2.39. The van der Waals surface area contributed by atoms with Crippen LogP contribution in [0.5, 0.6) is 0 Å². The summed E-state index contributed by atoms with van der Waals surface area (Å²) in [6.45, 7) is 7.40. The van der Waals surface area contributed by atoms with Crippen LogP contribution in [0, 0.1) is 0 Å². The summed E-state index contributed by atoms with van der Waals surface area (Å²) in [6, 6.07) is 0. The quantitative estimate of drug-likeness (QED) is 0.0286. The first-order chi connectivity index (χ1) is 28.6. The van der Waals surface area contributed by atoms with Crippen LogP contribution in [-0.4, -0.2) is 41.4 Å². The summed E-state index contributed by atoms with van der Waals surface area (Å²) in [5.41, 5.74) is 0. The zero-order chi connectivity index (χ0) is 42.3. The molecule has 0 radical (unpaired) electrons. The van der Waals surface area contributed by atoms with E-state index in [1.54, 1.807) is 0 Å². The number of aliphatic hydroxyl groups excluding tert-OH is 1. The van der Waals surface area contributed by atoms with Crippen LogP contribution in [0.25, 0.3) is 0 Å². The lowest BCUT2D eigenvalue weighted by atomic mass is 10.0. The molecule has 0 aliphatic rings. The zero-order valence-corrected chi connectivity index (χ0v) is 40.3. The highest BCUT2D eigenvalue weighted by atomic mass is 32.1. The Morgan fingerprint density at radius 3 is 1.14 bits per heavy atom. The molecule has 0 heterocycles. The van der Waals surface area contributed by atoms with E-state index in [1.807, 2.05) is 0 Å². The first kappa shape index (κ1) is 57.2. The Balaban J connectivity index is 4.34. The number of unbranched alkanes of at least 4 members (excludes halogenated alkanes) is 36. The SMILES string of the molecule is CCCCCCCCC=CCCCCCCCCOC(C(=S)CCCCCCCCCCCCCCC)C(O)COC(=O)CCCCCCCCCCCCCCC. The third-order valence-corrected chi connectivity index (χ3v) is 12.5. The summed E-state index contributed by atoms with van der Waals surface area (Å²) < 4.78 is 11.8. The van der Waals surface area contributed by atoms with E-state index >= 15 is 0 Å². The van der Waals surface area contributed by atoms with Crippen LogP contribution >= 0.6 is 12.2 Å². The van der Waals surface area contributed by atoms with Gasteiger partial charge in [0.15, 0.2) is 0 Å². The predicted molar refractivity (Wildman–Crippen MR) is 259 cm³/mol. The van der Waals surface area contributed by atoms with Crippen LogP contribution < -0.4 is 0 Å². The number of ether oxygens (including phenoxy) is 2. The monoisotopic (exact) mass is 835 g/mol. The lowest BCUT2D eigenvalue weighted by Gasteiger charge is -2.24. The number of aliphatic hydroxyl groups is 1. The fourth-order valence-corrected chi connectivity index (χ4v) is 8.43. The maximum absolute atomic E-state index is 12.6. The molecule has 0 saturated heterocycles. The Hall–Kier alpha value is -0.780. The Bertz CT molecular complexity index is 859. The Labute approximate surface area is 369 Å². The molecule has 2 unspecified atom stereocenters. The molecule has 1 N–H and O–H groups in total. The summed E-state index contributed by atoms with van der Waals surface area (Å²) in [5.74, 6) is -0.212. The van der Waals surface area contributed by atoms with E-state index in [2.05, 4.69) is 32.9 Å². The molecule has 58 heavy (non-hydrogen) atoms. The van der Waals surface area contributed by atoms with Gasteiger partial charge >= 0.3 is 5.97 Å². The third kappa shape index (κ3) is 43.3. The highest BCUT2D eigenvalue weighted by Crippen LogP contribution is 2.18. The van der Waals surface area contributed by atoms with Crippen LogP contribution in [0.4, 0.5) is 0 Å². The van der Waals surface area contributed by atoms with Crippen molar-refractivity contribution in [1.82, 2.24) is 0 Å². The summed E-state index contributed by atoms with van der Waals surface area (Å²) in [7, 11) is 0. The van der Waals surface area contributed by atoms with Crippen molar-refractivity contribution in [2.24, 2.45) is 0 Å². The van der Waals surface area contributed by atoms with Crippen molar-refractivity contribution in [3.05, 3.63) is 12.2 Å². The average molecular weight is 835 g/mol. The molecule has 4 nitrogen and oxygen atoms in total. The zero-order valence-electron chi connectivity index (χ0n) is 39.5. The summed E-state index contributed by atoms with van der Waals surface area (Å²) >= 11 is 5.87. The molecule has 2 atom stereocenters. The molecule has 0 aliphatic carbocycles. The number of carbonyl (C=O) groups excluding carboxylic acids is 1. The largest absolute Gasteiger partial charge is 0.463 e. The van der Waals surface area contributed by atoms with Gasteiger partial charge in [0.25, 0.3) is 0 Å². The second kappa shape index (κ2) is 48.9. The van der Waals surface area contributed by atoms with Crippen LogP contribution in [0.1, 0.15) is 290 Å². The number of rotatable bonds is 49. The standard InChI is InChI=1S/C53H102O4S/c1-4-7-10-13-16-19-22-25-26-27-30-33-36-39-42-45-48-56-53(51(58)46-43-40-37-34-31-28-23-20-17-14-11-8-5-2)50(54)49-57-52(55)47-44-41-38-35-32-29-24-21-18-15-12-9-6-3/h25-26,50,53-54H,4-24,27-49H2,1-3H3. The normalized spacial score (nSPS) is 12.8. The van der Waals surface area contributed by atoms with Crippen molar-refractivity contribution in [3.8, 4) is 0 Å². The van der Waals surface area contributed by atoms with Gasteiger partial charge in [-0.2, -0.15) is 0 Å². The highest BCUT2D eigenvalue weighted by molar-refractivity contribution is 7.80. The molecule has 0 rings (SSSR count). The predicted octanol–water partition coefficient (Wildman–Crippen LogP) is 17.6. The Kier molecular flexibility index (Phi) is 48.2. The van der Waals surface area contributed by atoms with Gasteiger partial charge in [0, 0.05) is 17.9 Å². The number of hydrogen-bond donors (Lipinski definition) is 1. The van der Waals surface area contributed by atoms with E-state index in [4.69, 9.17) is 21.7 Å². The van der Waals surface area contributed by atoms with Gasteiger partial charge in [-0.05, 0) is 51.4 Å². The van der Waals surface area contributed by atoms with Gasteiger partial charge in [0.1, 0.15) is 18.8 Å². The molecule has 0 aliphatic heterocycles.